The van der Waals surface area contributed by atoms with Gasteiger partial charge in [-0.1, -0.05) is 75.4 Å². The van der Waals surface area contributed by atoms with Gasteiger partial charge in [0.1, 0.15) is 6.04 Å². The second-order valence-corrected chi connectivity index (χ2v) is 8.13. The summed E-state index contributed by atoms with van der Waals surface area (Å²) in [6, 6.07) is 9.73. The zero-order valence-corrected chi connectivity index (χ0v) is 17.9. The van der Waals surface area contributed by atoms with Crippen molar-refractivity contribution >= 4 is 12.1 Å². The molecule has 0 aromatic heterocycles. The van der Waals surface area contributed by atoms with Gasteiger partial charge in [0, 0.05) is 18.5 Å². The largest absolute Gasteiger partial charge is 0.480 e. The molecule has 0 aliphatic heterocycles. The Morgan fingerprint density at radius 2 is 1.53 bits per heavy atom. The highest BCUT2D eigenvalue weighted by Crippen LogP contribution is 2.22. The molecule has 0 spiro atoms. The van der Waals surface area contributed by atoms with Gasteiger partial charge in [-0.15, -0.1) is 0 Å². The molecule has 0 saturated heterocycles. The van der Waals surface area contributed by atoms with Crippen LogP contribution < -0.4 is 10.6 Å². The van der Waals surface area contributed by atoms with Crippen LogP contribution in [0.1, 0.15) is 69.8 Å². The molecule has 3 N–H and O–H groups in total. The Kier molecular flexibility index (Phi) is 11.0. The van der Waals surface area contributed by atoms with Crippen molar-refractivity contribution < 1.29 is 19.4 Å². The van der Waals surface area contributed by atoms with Crippen LogP contribution in [0.15, 0.2) is 43.2 Å². The van der Waals surface area contributed by atoms with Crippen LogP contribution in [0.3, 0.4) is 0 Å². The summed E-state index contributed by atoms with van der Waals surface area (Å²) in [6.07, 6.45) is 14.9. The standard InChI is InChI=1S/C12H13NO4.C12H23N/c1-2-17-12(16)13-10(11(14)15)8-9-6-4-3-5-7-9;1-3-7-11(8-4-1)13-12-9-5-2-6-10-12/h2-7,10H,1,8H2,(H,13,16)(H,14,15);11-13H,1-10H2. The number of carboxylic acid groups (broad SMARTS) is 1. The Balaban J connectivity index is 0.000000220. The van der Waals surface area contributed by atoms with Crippen molar-refractivity contribution in [3.05, 3.63) is 48.7 Å². The van der Waals surface area contributed by atoms with Gasteiger partial charge in [0.2, 0.25) is 0 Å². The van der Waals surface area contributed by atoms with Crippen LogP contribution in [0.5, 0.6) is 0 Å². The zero-order chi connectivity index (χ0) is 21.6. The molecule has 2 saturated carbocycles. The van der Waals surface area contributed by atoms with Crippen LogP contribution in [0.4, 0.5) is 4.79 Å². The molecule has 6 nitrogen and oxygen atoms in total. The van der Waals surface area contributed by atoms with Crippen LogP contribution >= 0.6 is 0 Å². The van der Waals surface area contributed by atoms with Crippen LogP contribution in [-0.4, -0.2) is 35.3 Å². The highest BCUT2D eigenvalue weighted by Gasteiger charge is 2.21. The lowest BCUT2D eigenvalue weighted by atomic mass is 9.91. The molecule has 30 heavy (non-hydrogen) atoms. The summed E-state index contributed by atoms with van der Waals surface area (Å²) in [5, 5.41) is 15.0. The van der Waals surface area contributed by atoms with Gasteiger partial charge >= 0.3 is 12.1 Å². The molecule has 0 bridgehead atoms. The first-order chi connectivity index (χ1) is 14.6. The van der Waals surface area contributed by atoms with E-state index in [1.54, 1.807) is 24.3 Å². The molecule has 1 atom stereocenters. The lowest BCUT2D eigenvalue weighted by molar-refractivity contribution is -0.139. The molecular formula is C24H36N2O4. The van der Waals surface area contributed by atoms with Crippen molar-refractivity contribution in [3.8, 4) is 0 Å². The summed E-state index contributed by atoms with van der Waals surface area (Å²) in [6.45, 7) is 3.21. The average molecular weight is 417 g/mol. The second-order valence-electron chi connectivity index (χ2n) is 8.13. The van der Waals surface area contributed by atoms with E-state index in [4.69, 9.17) is 5.11 Å². The molecular weight excluding hydrogens is 380 g/mol. The maximum absolute atomic E-state index is 11.1. The summed E-state index contributed by atoms with van der Waals surface area (Å²) in [5.74, 6) is -1.12. The average Bonchev–Trinajstić information content (AvgIpc) is 2.76. The van der Waals surface area contributed by atoms with Crippen molar-refractivity contribution in [2.75, 3.05) is 0 Å². The van der Waals surface area contributed by atoms with Crippen LogP contribution in [0.2, 0.25) is 0 Å². The Morgan fingerprint density at radius 1 is 1.00 bits per heavy atom. The van der Waals surface area contributed by atoms with Gasteiger partial charge in [0.15, 0.2) is 0 Å². The summed E-state index contributed by atoms with van der Waals surface area (Å²) >= 11 is 0. The van der Waals surface area contributed by atoms with E-state index in [9.17, 15) is 9.59 Å². The minimum Gasteiger partial charge on any atom is -0.480 e. The predicted octanol–water partition coefficient (Wildman–Crippen LogP) is 4.79. The molecule has 166 valence electrons. The molecule has 2 aliphatic rings. The van der Waals surface area contributed by atoms with Gasteiger partial charge in [0.05, 0.1) is 6.26 Å². The van der Waals surface area contributed by atoms with E-state index in [0.717, 1.165) is 23.9 Å². The minimum absolute atomic E-state index is 0.197. The second kappa shape index (κ2) is 13.8. The number of benzene rings is 1. The topological polar surface area (TPSA) is 87.7 Å². The third-order valence-electron chi connectivity index (χ3n) is 5.74. The van der Waals surface area contributed by atoms with Gasteiger partial charge in [-0.3, -0.25) is 0 Å². The lowest BCUT2D eigenvalue weighted by Gasteiger charge is -2.30. The number of alkyl carbamates (subject to hydrolysis) is 1. The Bertz CT molecular complexity index is 622. The quantitative estimate of drug-likeness (QED) is 0.556. The van der Waals surface area contributed by atoms with Crippen LogP contribution in [0, 0.1) is 0 Å². The third kappa shape index (κ3) is 9.44. The Labute approximate surface area is 180 Å². The number of rotatable bonds is 7. The van der Waals surface area contributed by atoms with Gasteiger partial charge in [0.25, 0.3) is 0 Å². The molecule has 1 amide bonds. The number of carboxylic acids is 1. The number of carbonyl (C=O) groups excluding carboxylic acids is 1. The fourth-order valence-corrected chi connectivity index (χ4v) is 4.17. The number of amides is 1. The number of hydrogen-bond donors (Lipinski definition) is 3. The highest BCUT2D eigenvalue weighted by molar-refractivity contribution is 5.80. The smallest absolute Gasteiger partial charge is 0.412 e. The first-order valence-corrected chi connectivity index (χ1v) is 11.2. The van der Waals surface area contributed by atoms with Crippen molar-refractivity contribution in [1.82, 2.24) is 10.6 Å². The highest BCUT2D eigenvalue weighted by atomic mass is 16.5. The van der Waals surface area contributed by atoms with E-state index in [1.807, 2.05) is 6.07 Å². The van der Waals surface area contributed by atoms with Gasteiger partial charge in [-0.2, -0.15) is 0 Å². The van der Waals surface area contributed by atoms with E-state index in [-0.39, 0.29) is 6.42 Å². The summed E-state index contributed by atoms with van der Waals surface area (Å²) in [4.78, 5) is 22.0. The fourth-order valence-electron chi connectivity index (χ4n) is 4.17. The molecule has 1 aromatic carbocycles. The Morgan fingerprint density at radius 3 is 2.00 bits per heavy atom. The van der Waals surface area contributed by atoms with E-state index >= 15 is 0 Å². The van der Waals surface area contributed by atoms with Crippen molar-refractivity contribution in [1.29, 1.82) is 0 Å². The summed E-state index contributed by atoms with van der Waals surface area (Å²) < 4.78 is 4.41. The molecule has 1 unspecified atom stereocenters. The number of ether oxygens (including phenoxy) is 1. The molecule has 3 rings (SSSR count). The zero-order valence-electron chi connectivity index (χ0n) is 17.9. The summed E-state index contributed by atoms with van der Waals surface area (Å²) in [5.41, 5.74) is 0.818. The number of carbonyl (C=O) groups is 2. The molecule has 2 aliphatic carbocycles. The number of nitrogens with one attached hydrogen (secondary N) is 2. The van der Waals surface area contributed by atoms with E-state index < -0.39 is 18.1 Å². The van der Waals surface area contributed by atoms with Crippen LogP contribution in [-0.2, 0) is 16.0 Å². The number of hydrogen-bond acceptors (Lipinski definition) is 4. The monoisotopic (exact) mass is 416 g/mol. The normalized spacial score (nSPS) is 18.4. The third-order valence-corrected chi connectivity index (χ3v) is 5.74. The van der Waals surface area contributed by atoms with E-state index in [0.29, 0.717) is 0 Å². The van der Waals surface area contributed by atoms with Gasteiger partial charge in [-0.05, 0) is 31.2 Å². The molecule has 0 heterocycles. The van der Waals surface area contributed by atoms with Crippen molar-refractivity contribution in [3.63, 3.8) is 0 Å². The van der Waals surface area contributed by atoms with Gasteiger partial charge < -0.3 is 20.5 Å². The minimum atomic E-state index is -1.12. The van der Waals surface area contributed by atoms with Crippen molar-refractivity contribution in [2.45, 2.75) is 88.8 Å². The van der Waals surface area contributed by atoms with E-state index in [2.05, 4.69) is 21.9 Å². The number of aliphatic carboxylic acids is 1. The maximum atomic E-state index is 11.1. The SMILES string of the molecule is C1CCC(NC2CCCCC2)CC1.C=COC(=O)NC(Cc1ccccc1)C(=O)O. The molecule has 6 heteroatoms. The molecule has 0 radical (unpaired) electrons. The van der Waals surface area contributed by atoms with Crippen LogP contribution in [0.25, 0.3) is 0 Å². The van der Waals surface area contributed by atoms with E-state index in [1.165, 1.54) is 64.2 Å². The maximum Gasteiger partial charge on any atom is 0.412 e. The van der Waals surface area contributed by atoms with Crippen molar-refractivity contribution in [2.24, 2.45) is 0 Å². The first-order valence-electron chi connectivity index (χ1n) is 11.2. The first kappa shape index (κ1) is 23.9. The summed E-state index contributed by atoms with van der Waals surface area (Å²) in [7, 11) is 0. The lowest BCUT2D eigenvalue weighted by Crippen LogP contribution is -2.42. The molecule has 2 fully saturated rings. The van der Waals surface area contributed by atoms with Gasteiger partial charge in [-0.25, -0.2) is 9.59 Å². The fraction of sp³-hybridized carbons (Fsp3) is 0.583. The Hall–Kier alpha value is -2.34. The predicted molar refractivity (Wildman–Crippen MR) is 118 cm³/mol. The molecule has 1 aromatic rings.